The Morgan fingerprint density at radius 3 is 2.73 bits per heavy atom. The molecule has 6 nitrogen and oxygen atoms in total. The molecule has 0 fully saturated rings. The van der Waals surface area contributed by atoms with E-state index >= 15 is 0 Å². The van der Waals surface area contributed by atoms with Gasteiger partial charge in [-0.15, -0.1) is 5.10 Å². The van der Waals surface area contributed by atoms with Crippen LogP contribution in [0, 0.1) is 0 Å². The Balaban J connectivity index is 2.93. The number of likely N-dealkylation sites (N-methyl/N-ethyl adjacent to an activating group) is 1. The van der Waals surface area contributed by atoms with E-state index in [0.29, 0.717) is 5.88 Å². The predicted molar refractivity (Wildman–Crippen MR) is 53.7 cm³/mol. The number of carbonyl (C=O) groups is 1. The Labute approximate surface area is 87.1 Å². The summed E-state index contributed by atoms with van der Waals surface area (Å²) in [7, 11) is 4.69. The Bertz CT molecular complexity index is 411. The van der Waals surface area contributed by atoms with Gasteiger partial charge in [-0.2, -0.15) is 0 Å². The summed E-state index contributed by atoms with van der Waals surface area (Å²) in [6.07, 6.45) is 0. The van der Waals surface area contributed by atoms with Gasteiger partial charge in [0.15, 0.2) is 0 Å². The normalized spacial score (nSPS) is 9.80. The molecule has 0 aromatic carbocycles. The highest BCUT2D eigenvalue weighted by Gasteiger charge is 2.08. The molecular weight excluding hydrogens is 198 g/mol. The van der Waals surface area contributed by atoms with Crippen LogP contribution < -0.4 is 10.3 Å². The molecule has 1 aromatic heterocycles. The van der Waals surface area contributed by atoms with Gasteiger partial charge < -0.3 is 9.64 Å². The van der Waals surface area contributed by atoms with E-state index in [4.69, 9.17) is 4.74 Å². The number of hydrogen-bond donors (Lipinski definition) is 0. The highest BCUT2D eigenvalue weighted by Crippen LogP contribution is 1.99. The van der Waals surface area contributed by atoms with Gasteiger partial charge in [0.1, 0.15) is 6.54 Å². The van der Waals surface area contributed by atoms with Gasteiger partial charge in [-0.1, -0.05) is 0 Å². The largest absolute Gasteiger partial charge is 0.480 e. The fourth-order valence-electron chi connectivity index (χ4n) is 0.922. The smallest absolute Gasteiger partial charge is 0.267 e. The van der Waals surface area contributed by atoms with Crippen molar-refractivity contribution in [3.05, 3.63) is 22.5 Å². The number of methoxy groups -OCH3 is 1. The molecule has 0 spiro atoms. The minimum absolute atomic E-state index is 0.0803. The lowest BCUT2D eigenvalue weighted by atomic mass is 10.5. The molecule has 0 saturated carbocycles. The Morgan fingerprint density at radius 1 is 1.53 bits per heavy atom. The van der Waals surface area contributed by atoms with Crippen LogP contribution in [0.3, 0.4) is 0 Å². The third-order valence-electron chi connectivity index (χ3n) is 1.84. The van der Waals surface area contributed by atoms with E-state index in [1.807, 2.05) is 0 Å². The second-order valence-corrected chi connectivity index (χ2v) is 3.16. The maximum atomic E-state index is 11.3. The average molecular weight is 211 g/mol. The minimum Gasteiger partial charge on any atom is -0.480 e. The van der Waals surface area contributed by atoms with Crippen molar-refractivity contribution in [3.63, 3.8) is 0 Å². The van der Waals surface area contributed by atoms with Gasteiger partial charge in [0, 0.05) is 26.2 Å². The molecule has 0 saturated heterocycles. The molecule has 0 unspecified atom stereocenters. The van der Waals surface area contributed by atoms with Gasteiger partial charge in [0.05, 0.1) is 7.11 Å². The van der Waals surface area contributed by atoms with E-state index in [2.05, 4.69) is 5.10 Å². The summed E-state index contributed by atoms with van der Waals surface area (Å²) < 4.78 is 5.93. The van der Waals surface area contributed by atoms with Crippen molar-refractivity contribution in [2.75, 3.05) is 21.2 Å². The third-order valence-corrected chi connectivity index (χ3v) is 1.84. The van der Waals surface area contributed by atoms with Crippen molar-refractivity contribution < 1.29 is 9.53 Å². The lowest BCUT2D eigenvalue weighted by Crippen LogP contribution is -2.32. The number of nitrogens with zero attached hydrogens (tertiary/aromatic N) is 3. The first-order valence-corrected chi connectivity index (χ1v) is 4.37. The summed E-state index contributed by atoms with van der Waals surface area (Å²) in [5, 5.41) is 3.85. The molecule has 82 valence electrons. The second-order valence-electron chi connectivity index (χ2n) is 3.16. The summed E-state index contributed by atoms with van der Waals surface area (Å²) in [6, 6.07) is 2.77. The number of hydrogen-bond acceptors (Lipinski definition) is 4. The van der Waals surface area contributed by atoms with Gasteiger partial charge in [0.25, 0.3) is 5.56 Å². The maximum absolute atomic E-state index is 11.3. The van der Waals surface area contributed by atoms with Gasteiger partial charge in [-0.3, -0.25) is 9.59 Å². The zero-order valence-corrected chi connectivity index (χ0v) is 8.93. The number of amides is 1. The Morgan fingerprint density at radius 2 is 2.20 bits per heavy atom. The fourth-order valence-corrected chi connectivity index (χ4v) is 0.922. The maximum Gasteiger partial charge on any atom is 0.267 e. The molecule has 0 atom stereocenters. The first kappa shape index (κ1) is 11.2. The van der Waals surface area contributed by atoms with Crippen LogP contribution in [0.5, 0.6) is 5.88 Å². The predicted octanol–water partition coefficient (Wildman–Crippen LogP) is -0.660. The molecule has 0 aliphatic heterocycles. The van der Waals surface area contributed by atoms with E-state index in [1.54, 1.807) is 14.1 Å². The van der Waals surface area contributed by atoms with Crippen LogP contribution in [0.25, 0.3) is 0 Å². The first-order valence-electron chi connectivity index (χ1n) is 4.37. The van der Waals surface area contributed by atoms with E-state index in [0.717, 1.165) is 4.68 Å². The minimum atomic E-state index is -0.328. The summed E-state index contributed by atoms with van der Waals surface area (Å²) in [6.45, 7) is -0.0803. The van der Waals surface area contributed by atoms with Crippen molar-refractivity contribution in [2.24, 2.45) is 0 Å². The molecule has 0 bridgehead atoms. The zero-order chi connectivity index (χ0) is 11.4. The molecule has 15 heavy (non-hydrogen) atoms. The zero-order valence-electron chi connectivity index (χ0n) is 8.93. The van der Waals surface area contributed by atoms with Crippen LogP contribution in [0.2, 0.25) is 0 Å². The molecule has 1 heterocycles. The highest BCUT2D eigenvalue weighted by atomic mass is 16.5. The van der Waals surface area contributed by atoms with Crippen LogP contribution in [0.15, 0.2) is 16.9 Å². The molecular formula is C9H13N3O3. The molecule has 1 rings (SSSR count). The number of carbonyl (C=O) groups excluding carboxylic acids is 1. The summed E-state index contributed by atoms with van der Waals surface area (Å²) >= 11 is 0. The molecule has 6 heteroatoms. The van der Waals surface area contributed by atoms with Crippen LogP contribution in [-0.2, 0) is 11.3 Å². The quantitative estimate of drug-likeness (QED) is 0.665. The molecule has 0 N–H and O–H groups in total. The highest BCUT2D eigenvalue weighted by molar-refractivity contribution is 5.75. The standard InChI is InChI=1S/C9H13N3O3/c1-11(2)9(14)6-12-8(13)5-4-7(10-12)15-3/h4-5H,6H2,1-3H3. The number of ether oxygens (including phenoxy) is 1. The van der Waals surface area contributed by atoms with Crippen molar-refractivity contribution in [1.29, 1.82) is 0 Å². The van der Waals surface area contributed by atoms with Crippen LogP contribution in [0.4, 0.5) is 0 Å². The molecule has 1 amide bonds. The van der Waals surface area contributed by atoms with Gasteiger partial charge in [0.2, 0.25) is 11.8 Å². The monoisotopic (exact) mass is 211 g/mol. The van der Waals surface area contributed by atoms with Crippen LogP contribution in [-0.4, -0.2) is 41.8 Å². The molecule has 0 aliphatic carbocycles. The lowest BCUT2D eigenvalue weighted by molar-refractivity contribution is -0.129. The summed E-state index contributed by atoms with van der Waals surface area (Å²) in [5.41, 5.74) is -0.328. The van der Waals surface area contributed by atoms with Crippen molar-refractivity contribution in [3.8, 4) is 5.88 Å². The van der Waals surface area contributed by atoms with Crippen LogP contribution in [0.1, 0.15) is 0 Å². The third kappa shape index (κ3) is 2.80. The van der Waals surface area contributed by atoms with Crippen molar-refractivity contribution >= 4 is 5.91 Å². The lowest BCUT2D eigenvalue weighted by Gasteiger charge is -2.11. The fraction of sp³-hybridized carbons (Fsp3) is 0.444. The van der Waals surface area contributed by atoms with Gasteiger partial charge >= 0.3 is 0 Å². The topological polar surface area (TPSA) is 64.4 Å². The van der Waals surface area contributed by atoms with Gasteiger partial charge in [-0.05, 0) is 0 Å². The number of rotatable bonds is 3. The van der Waals surface area contributed by atoms with E-state index in [1.165, 1.54) is 24.1 Å². The SMILES string of the molecule is COc1ccc(=O)n(CC(=O)N(C)C)n1. The van der Waals surface area contributed by atoms with Crippen molar-refractivity contribution in [1.82, 2.24) is 14.7 Å². The Kier molecular flexibility index (Phi) is 3.43. The average Bonchev–Trinajstić information content (AvgIpc) is 2.21. The second kappa shape index (κ2) is 4.59. The van der Waals surface area contributed by atoms with E-state index < -0.39 is 0 Å². The summed E-state index contributed by atoms with van der Waals surface area (Å²) in [5.74, 6) is 0.110. The first-order chi connectivity index (χ1) is 7.04. The molecule has 0 aliphatic rings. The van der Waals surface area contributed by atoms with Gasteiger partial charge in [-0.25, -0.2) is 4.68 Å². The summed E-state index contributed by atoms with van der Waals surface area (Å²) in [4.78, 5) is 24.1. The van der Waals surface area contributed by atoms with E-state index in [-0.39, 0.29) is 18.0 Å². The van der Waals surface area contributed by atoms with E-state index in [9.17, 15) is 9.59 Å². The Hall–Kier alpha value is -1.85. The molecule has 0 radical (unpaired) electrons. The molecule has 1 aromatic rings. The van der Waals surface area contributed by atoms with Crippen LogP contribution >= 0.6 is 0 Å². The van der Waals surface area contributed by atoms with Crippen molar-refractivity contribution in [2.45, 2.75) is 6.54 Å². The number of aromatic nitrogens is 2.